The van der Waals surface area contributed by atoms with Crippen LogP contribution in [0.2, 0.25) is 0 Å². The fraction of sp³-hybridized carbons (Fsp3) is 0.875. The molecule has 0 saturated heterocycles. The summed E-state index contributed by atoms with van der Waals surface area (Å²) in [4.78, 5) is 9.81. The molecule has 0 aliphatic carbocycles. The van der Waals surface area contributed by atoms with Crippen LogP contribution >= 0.6 is 0 Å². The number of rotatable bonds is 2. The van der Waals surface area contributed by atoms with Crippen molar-refractivity contribution in [3.8, 4) is 0 Å². The molecule has 0 radical (unpaired) electrons. The standard InChI is InChI=1S/C4H8O.C4H10/c1-3-4(2)5;1-3-4-2/h3H2,1-2H3;3-4H2,1-2H3. The smallest absolute Gasteiger partial charge is 0.129 e. The van der Waals surface area contributed by atoms with E-state index in [4.69, 9.17) is 0 Å². The Morgan fingerprint density at radius 2 is 1.33 bits per heavy atom. The molecule has 0 fully saturated rings. The van der Waals surface area contributed by atoms with Gasteiger partial charge in [-0.25, -0.2) is 0 Å². The van der Waals surface area contributed by atoms with Crippen LogP contribution in [-0.2, 0) is 4.79 Å². The van der Waals surface area contributed by atoms with Gasteiger partial charge < -0.3 is 4.79 Å². The van der Waals surface area contributed by atoms with Gasteiger partial charge in [0.1, 0.15) is 5.78 Å². The summed E-state index contributed by atoms with van der Waals surface area (Å²) >= 11 is 0. The maximum atomic E-state index is 9.81. The number of ketones is 1. The molecule has 0 spiro atoms. The molecule has 0 aliphatic rings. The highest BCUT2D eigenvalue weighted by molar-refractivity contribution is 5.74. The average molecular weight is 130 g/mol. The first kappa shape index (κ1) is 11.5. The monoisotopic (exact) mass is 130 g/mol. The van der Waals surface area contributed by atoms with Gasteiger partial charge in [0.25, 0.3) is 0 Å². The van der Waals surface area contributed by atoms with E-state index >= 15 is 0 Å². The van der Waals surface area contributed by atoms with Gasteiger partial charge in [0.2, 0.25) is 0 Å². The Morgan fingerprint density at radius 3 is 1.33 bits per heavy atom. The molecule has 0 aromatic heterocycles. The number of carbonyl (C=O) groups is 1. The Bertz CT molecular complexity index is 55.6. The van der Waals surface area contributed by atoms with Crippen molar-refractivity contribution in [3.63, 3.8) is 0 Å². The largest absolute Gasteiger partial charge is 0.300 e. The minimum Gasteiger partial charge on any atom is -0.300 e. The van der Waals surface area contributed by atoms with Gasteiger partial charge >= 0.3 is 0 Å². The van der Waals surface area contributed by atoms with Crippen molar-refractivity contribution in [3.05, 3.63) is 0 Å². The second-order valence-electron chi connectivity index (χ2n) is 2.06. The molecule has 0 bridgehead atoms. The summed E-state index contributed by atoms with van der Waals surface area (Å²) in [5, 5.41) is 0. The van der Waals surface area contributed by atoms with Crippen molar-refractivity contribution < 1.29 is 4.79 Å². The van der Waals surface area contributed by atoms with Crippen LogP contribution < -0.4 is 0 Å². The third kappa shape index (κ3) is 34.6. The predicted molar refractivity (Wildman–Crippen MR) is 41.6 cm³/mol. The zero-order chi connectivity index (χ0) is 7.70. The molecule has 0 unspecified atom stereocenters. The van der Waals surface area contributed by atoms with Gasteiger partial charge in [0.05, 0.1) is 0 Å². The van der Waals surface area contributed by atoms with Crippen LogP contribution in [0.1, 0.15) is 47.0 Å². The van der Waals surface area contributed by atoms with Crippen LogP contribution in [0, 0.1) is 0 Å². The fourth-order valence-electron chi connectivity index (χ4n) is 0. The van der Waals surface area contributed by atoms with Crippen molar-refractivity contribution in [2.45, 2.75) is 47.0 Å². The van der Waals surface area contributed by atoms with E-state index < -0.39 is 0 Å². The summed E-state index contributed by atoms with van der Waals surface area (Å²) in [6.45, 7) is 7.79. The lowest BCUT2D eigenvalue weighted by molar-refractivity contribution is -0.116. The number of hydrogen-bond acceptors (Lipinski definition) is 1. The highest BCUT2D eigenvalue weighted by atomic mass is 16.1. The van der Waals surface area contributed by atoms with Crippen LogP contribution in [-0.4, -0.2) is 5.78 Å². The second kappa shape index (κ2) is 10.6. The van der Waals surface area contributed by atoms with Crippen molar-refractivity contribution in [1.82, 2.24) is 0 Å². The lowest BCUT2D eigenvalue weighted by Gasteiger charge is -1.71. The normalized spacial score (nSPS) is 7.56. The van der Waals surface area contributed by atoms with Crippen molar-refractivity contribution in [2.75, 3.05) is 0 Å². The van der Waals surface area contributed by atoms with E-state index in [0.717, 1.165) is 0 Å². The molecule has 0 aromatic carbocycles. The van der Waals surface area contributed by atoms with Crippen LogP contribution in [0.3, 0.4) is 0 Å². The summed E-state index contributed by atoms with van der Waals surface area (Å²) in [7, 11) is 0. The molecule has 0 N–H and O–H groups in total. The Hall–Kier alpha value is -0.330. The number of hydrogen-bond donors (Lipinski definition) is 0. The third-order valence-electron chi connectivity index (χ3n) is 0.998. The van der Waals surface area contributed by atoms with Crippen LogP contribution in [0.5, 0.6) is 0 Å². The van der Waals surface area contributed by atoms with Crippen LogP contribution in [0.4, 0.5) is 0 Å². The van der Waals surface area contributed by atoms with Gasteiger partial charge in [-0.15, -0.1) is 0 Å². The van der Waals surface area contributed by atoms with Crippen molar-refractivity contribution >= 4 is 5.78 Å². The summed E-state index contributed by atoms with van der Waals surface area (Å²) in [6, 6.07) is 0. The minimum atomic E-state index is 0.255. The summed E-state index contributed by atoms with van der Waals surface area (Å²) in [5.41, 5.74) is 0. The molecule has 1 nitrogen and oxygen atoms in total. The molecule has 0 heterocycles. The lowest BCUT2D eigenvalue weighted by Crippen LogP contribution is -1.80. The first-order chi connectivity index (χ1) is 4.18. The summed E-state index contributed by atoms with van der Waals surface area (Å²) < 4.78 is 0. The molecule has 0 amide bonds. The third-order valence-corrected chi connectivity index (χ3v) is 0.998. The predicted octanol–water partition coefficient (Wildman–Crippen LogP) is 2.79. The Morgan fingerprint density at radius 1 is 1.11 bits per heavy atom. The quantitative estimate of drug-likeness (QED) is 0.561. The second-order valence-corrected chi connectivity index (χ2v) is 2.06. The molecular weight excluding hydrogens is 112 g/mol. The van der Waals surface area contributed by atoms with Crippen molar-refractivity contribution in [2.24, 2.45) is 0 Å². The van der Waals surface area contributed by atoms with Gasteiger partial charge in [0, 0.05) is 6.42 Å². The van der Waals surface area contributed by atoms with E-state index in [0.29, 0.717) is 6.42 Å². The SMILES string of the molecule is CCC(C)=O.CCCC. The van der Waals surface area contributed by atoms with E-state index in [9.17, 15) is 4.79 Å². The molecule has 0 aromatic rings. The minimum absolute atomic E-state index is 0.255. The van der Waals surface area contributed by atoms with Gasteiger partial charge in [0.15, 0.2) is 0 Å². The Kier molecular flexibility index (Phi) is 13.5. The topological polar surface area (TPSA) is 17.1 Å². The number of Topliss-reactive ketones (excluding diaryl/α,β-unsaturated/α-hetero) is 1. The molecule has 0 aliphatic heterocycles. The van der Waals surface area contributed by atoms with E-state index in [1.807, 2.05) is 6.92 Å². The maximum absolute atomic E-state index is 9.81. The first-order valence-corrected chi connectivity index (χ1v) is 3.68. The maximum Gasteiger partial charge on any atom is 0.129 e. The zero-order valence-corrected chi connectivity index (χ0v) is 7.03. The first-order valence-electron chi connectivity index (χ1n) is 3.68. The van der Waals surface area contributed by atoms with E-state index in [2.05, 4.69) is 13.8 Å². The summed E-state index contributed by atoms with van der Waals surface area (Å²) in [6.07, 6.45) is 3.31. The Labute approximate surface area is 58.5 Å². The highest BCUT2D eigenvalue weighted by Crippen LogP contribution is 1.76. The molecule has 0 atom stereocenters. The van der Waals surface area contributed by atoms with Gasteiger partial charge in [-0.05, 0) is 6.92 Å². The van der Waals surface area contributed by atoms with Gasteiger partial charge in [-0.3, -0.25) is 0 Å². The molecule has 0 saturated carbocycles. The molecule has 56 valence electrons. The van der Waals surface area contributed by atoms with Crippen molar-refractivity contribution in [1.29, 1.82) is 0 Å². The van der Waals surface area contributed by atoms with Gasteiger partial charge in [-0.2, -0.15) is 0 Å². The highest BCUT2D eigenvalue weighted by Gasteiger charge is 1.76. The average Bonchev–Trinajstić information content (AvgIpc) is 1.89. The van der Waals surface area contributed by atoms with Gasteiger partial charge in [-0.1, -0.05) is 33.6 Å². The molecule has 0 rings (SSSR count). The van der Waals surface area contributed by atoms with E-state index in [1.165, 1.54) is 12.8 Å². The molecule has 1 heteroatoms. The zero-order valence-electron chi connectivity index (χ0n) is 7.03. The summed E-state index contributed by atoms with van der Waals surface area (Å²) in [5.74, 6) is 0.255. The van der Waals surface area contributed by atoms with Crippen LogP contribution in [0.25, 0.3) is 0 Å². The number of unbranched alkanes of at least 4 members (excludes halogenated alkanes) is 1. The fourth-order valence-corrected chi connectivity index (χ4v) is 0. The Balaban J connectivity index is 0. The van der Waals surface area contributed by atoms with Crippen LogP contribution in [0.15, 0.2) is 0 Å². The molecule has 9 heavy (non-hydrogen) atoms. The van der Waals surface area contributed by atoms with E-state index in [-0.39, 0.29) is 5.78 Å². The molecular formula is C8H18O. The lowest BCUT2D eigenvalue weighted by atomic mass is 10.4. The number of carbonyl (C=O) groups excluding carboxylic acids is 1. The van der Waals surface area contributed by atoms with E-state index in [1.54, 1.807) is 6.92 Å².